The first-order valence-electron chi connectivity index (χ1n) is 5.34. The van der Waals surface area contributed by atoms with E-state index >= 15 is 0 Å². The summed E-state index contributed by atoms with van der Waals surface area (Å²) in [6.45, 7) is -0.924. The zero-order valence-corrected chi connectivity index (χ0v) is 9.01. The molecule has 2 heterocycles. The van der Waals surface area contributed by atoms with Crippen LogP contribution < -0.4 is 0 Å². The van der Waals surface area contributed by atoms with Crippen LogP contribution in [0.15, 0.2) is 0 Å². The molecule has 0 aromatic rings. The molecule has 2 fully saturated rings. The van der Waals surface area contributed by atoms with Gasteiger partial charge in [0.05, 0.1) is 19.8 Å². The Bertz CT molecular complexity index is 245. The molecule has 0 aromatic carbocycles. The van der Waals surface area contributed by atoms with Crippen molar-refractivity contribution in [3.63, 3.8) is 0 Å². The van der Waals surface area contributed by atoms with E-state index in [1.54, 1.807) is 0 Å². The van der Waals surface area contributed by atoms with Crippen LogP contribution in [0.2, 0.25) is 0 Å². The van der Waals surface area contributed by atoms with Crippen LogP contribution in [-0.4, -0.2) is 77.1 Å². The molecule has 8 heteroatoms. The molecule has 2 saturated heterocycles. The SMILES string of the molecule is OCC(O)CO[C@@H]1OC(CO)[C@H]2OOC2C1O. The van der Waals surface area contributed by atoms with Crippen molar-refractivity contribution in [1.29, 1.82) is 0 Å². The summed E-state index contributed by atoms with van der Waals surface area (Å²) in [5.74, 6) is 0. The molecule has 0 aromatic heterocycles. The average Bonchev–Trinajstić information content (AvgIpc) is 2.29. The third-order valence-corrected chi connectivity index (χ3v) is 2.74. The van der Waals surface area contributed by atoms with Crippen molar-refractivity contribution >= 4 is 0 Å². The lowest BCUT2D eigenvalue weighted by Gasteiger charge is -2.48. The Hall–Kier alpha value is -0.320. The van der Waals surface area contributed by atoms with Gasteiger partial charge in [-0.25, -0.2) is 9.78 Å². The minimum atomic E-state index is -1.07. The number of ether oxygens (including phenoxy) is 2. The Labute approximate surface area is 97.2 Å². The highest BCUT2D eigenvalue weighted by atomic mass is 17.3. The summed E-state index contributed by atoms with van der Waals surface area (Å²) in [5.41, 5.74) is 0. The van der Waals surface area contributed by atoms with Gasteiger partial charge < -0.3 is 29.9 Å². The van der Waals surface area contributed by atoms with Crippen LogP contribution in [0.25, 0.3) is 0 Å². The molecule has 0 aliphatic carbocycles. The predicted octanol–water partition coefficient (Wildman–Crippen LogP) is -2.87. The van der Waals surface area contributed by atoms with Gasteiger partial charge in [-0.3, -0.25) is 0 Å². The maximum absolute atomic E-state index is 9.78. The van der Waals surface area contributed by atoms with Crippen LogP contribution in [0.1, 0.15) is 0 Å². The Balaban J connectivity index is 1.88. The van der Waals surface area contributed by atoms with E-state index < -0.39 is 43.4 Å². The summed E-state index contributed by atoms with van der Waals surface area (Å²) in [5, 5.41) is 36.6. The summed E-state index contributed by atoms with van der Waals surface area (Å²) < 4.78 is 10.4. The molecule has 2 rings (SSSR count). The van der Waals surface area contributed by atoms with Crippen molar-refractivity contribution in [3.05, 3.63) is 0 Å². The molecule has 2 aliphatic heterocycles. The van der Waals surface area contributed by atoms with Crippen LogP contribution in [-0.2, 0) is 19.2 Å². The highest BCUT2D eigenvalue weighted by Crippen LogP contribution is 2.33. The Kier molecular flexibility index (Phi) is 4.28. The number of hydrogen-bond donors (Lipinski definition) is 4. The first-order valence-corrected chi connectivity index (χ1v) is 5.34. The smallest absolute Gasteiger partial charge is 0.186 e. The Morgan fingerprint density at radius 2 is 1.88 bits per heavy atom. The molecule has 4 unspecified atom stereocenters. The minimum absolute atomic E-state index is 0.186. The Morgan fingerprint density at radius 3 is 2.41 bits per heavy atom. The molecule has 0 saturated carbocycles. The van der Waals surface area contributed by atoms with Crippen molar-refractivity contribution in [2.24, 2.45) is 0 Å². The first-order chi connectivity index (χ1) is 8.17. The number of fused-ring (bicyclic) bond motifs is 1. The minimum Gasteiger partial charge on any atom is -0.394 e. The molecule has 0 spiro atoms. The van der Waals surface area contributed by atoms with Gasteiger partial charge in [0.2, 0.25) is 0 Å². The second kappa shape index (κ2) is 5.55. The van der Waals surface area contributed by atoms with Gasteiger partial charge in [0.15, 0.2) is 18.5 Å². The zero-order valence-electron chi connectivity index (χ0n) is 9.01. The highest BCUT2D eigenvalue weighted by molar-refractivity contribution is 4.93. The molecule has 0 amide bonds. The normalized spacial score (nSPS) is 42.7. The maximum Gasteiger partial charge on any atom is 0.186 e. The quantitative estimate of drug-likeness (QED) is 0.386. The van der Waals surface area contributed by atoms with E-state index in [4.69, 9.17) is 34.6 Å². The molecular weight excluding hydrogens is 236 g/mol. The third-order valence-electron chi connectivity index (χ3n) is 2.74. The summed E-state index contributed by atoms with van der Waals surface area (Å²) in [6.07, 6.45) is -4.92. The third kappa shape index (κ3) is 2.59. The average molecular weight is 252 g/mol. The Morgan fingerprint density at radius 1 is 1.18 bits per heavy atom. The molecule has 4 N–H and O–H groups in total. The predicted molar refractivity (Wildman–Crippen MR) is 50.5 cm³/mol. The van der Waals surface area contributed by atoms with E-state index in [2.05, 4.69) is 0 Å². The van der Waals surface area contributed by atoms with E-state index in [0.717, 1.165) is 0 Å². The van der Waals surface area contributed by atoms with Crippen molar-refractivity contribution in [2.75, 3.05) is 19.8 Å². The summed E-state index contributed by atoms with van der Waals surface area (Å²) >= 11 is 0. The molecule has 100 valence electrons. The first kappa shape index (κ1) is 13.1. The van der Waals surface area contributed by atoms with Gasteiger partial charge in [-0.15, -0.1) is 0 Å². The van der Waals surface area contributed by atoms with Gasteiger partial charge in [0.1, 0.15) is 18.3 Å². The second-order valence-corrected chi connectivity index (χ2v) is 4.01. The standard InChI is InChI=1S/C9H16O8/c10-1-4(12)3-14-9-6(13)8-7(16-17-8)5(2-11)15-9/h4-13H,1-3H2/t4?,5?,6?,7-,8?,9-/m1/s1. The lowest BCUT2D eigenvalue weighted by molar-refractivity contribution is -0.521. The molecular formula is C9H16O8. The summed E-state index contributed by atoms with van der Waals surface area (Å²) in [6, 6.07) is 0. The highest BCUT2D eigenvalue weighted by Gasteiger charge is 2.54. The van der Waals surface area contributed by atoms with Crippen molar-refractivity contribution in [3.8, 4) is 0 Å². The number of aliphatic hydroxyl groups excluding tert-OH is 4. The van der Waals surface area contributed by atoms with Crippen LogP contribution in [0.3, 0.4) is 0 Å². The fourth-order valence-corrected chi connectivity index (χ4v) is 1.74. The van der Waals surface area contributed by atoms with Gasteiger partial charge in [0.25, 0.3) is 0 Å². The molecule has 6 atom stereocenters. The second-order valence-electron chi connectivity index (χ2n) is 4.01. The van der Waals surface area contributed by atoms with Crippen LogP contribution in [0, 0.1) is 0 Å². The van der Waals surface area contributed by atoms with E-state index in [1.165, 1.54) is 0 Å². The van der Waals surface area contributed by atoms with Crippen molar-refractivity contribution in [1.82, 2.24) is 0 Å². The lowest BCUT2D eigenvalue weighted by Crippen LogP contribution is -2.66. The molecule has 8 nitrogen and oxygen atoms in total. The fourth-order valence-electron chi connectivity index (χ4n) is 1.74. The van der Waals surface area contributed by atoms with Crippen LogP contribution >= 0.6 is 0 Å². The van der Waals surface area contributed by atoms with Gasteiger partial charge in [-0.05, 0) is 0 Å². The fraction of sp³-hybridized carbons (Fsp3) is 1.00. The topological polar surface area (TPSA) is 118 Å². The maximum atomic E-state index is 9.78. The van der Waals surface area contributed by atoms with Gasteiger partial charge in [0, 0.05) is 0 Å². The molecule has 0 radical (unpaired) electrons. The van der Waals surface area contributed by atoms with Gasteiger partial charge >= 0.3 is 0 Å². The summed E-state index contributed by atoms with van der Waals surface area (Å²) in [4.78, 5) is 9.42. The van der Waals surface area contributed by atoms with Gasteiger partial charge in [-0.1, -0.05) is 0 Å². The summed E-state index contributed by atoms with van der Waals surface area (Å²) in [7, 11) is 0. The number of hydrogen-bond acceptors (Lipinski definition) is 8. The van der Waals surface area contributed by atoms with E-state index in [1.807, 2.05) is 0 Å². The number of aliphatic hydroxyl groups is 4. The van der Waals surface area contributed by atoms with E-state index in [9.17, 15) is 5.11 Å². The van der Waals surface area contributed by atoms with Crippen molar-refractivity contribution in [2.45, 2.75) is 36.8 Å². The monoisotopic (exact) mass is 252 g/mol. The van der Waals surface area contributed by atoms with E-state index in [0.29, 0.717) is 0 Å². The van der Waals surface area contributed by atoms with Crippen LogP contribution in [0.4, 0.5) is 0 Å². The zero-order chi connectivity index (χ0) is 12.4. The number of rotatable bonds is 5. The largest absolute Gasteiger partial charge is 0.394 e. The molecule has 0 bridgehead atoms. The lowest BCUT2D eigenvalue weighted by atomic mass is 9.98. The van der Waals surface area contributed by atoms with Crippen molar-refractivity contribution < 1.29 is 39.7 Å². The van der Waals surface area contributed by atoms with E-state index in [-0.39, 0.29) is 13.2 Å². The van der Waals surface area contributed by atoms with Crippen LogP contribution in [0.5, 0.6) is 0 Å². The molecule has 17 heavy (non-hydrogen) atoms. The van der Waals surface area contributed by atoms with Gasteiger partial charge in [-0.2, -0.15) is 0 Å². The molecule has 2 aliphatic rings.